The summed E-state index contributed by atoms with van der Waals surface area (Å²) in [5.41, 5.74) is 1.86. The van der Waals surface area contributed by atoms with Gasteiger partial charge in [0.15, 0.2) is 0 Å². The molecule has 1 unspecified atom stereocenters. The molecule has 1 aliphatic rings. The topological polar surface area (TPSA) is 41.5 Å². The second kappa shape index (κ2) is 6.35. The van der Waals surface area contributed by atoms with Crippen LogP contribution < -0.4 is 5.32 Å². The van der Waals surface area contributed by atoms with Crippen molar-refractivity contribution < 1.29 is 9.84 Å². The van der Waals surface area contributed by atoms with Gasteiger partial charge in [-0.1, -0.05) is 28.1 Å². The molecule has 0 aliphatic carbocycles. The Hall–Kier alpha value is -0.420. The molecule has 0 bridgehead atoms. The molecule has 1 aromatic rings. The van der Waals surface area contributed by atoms with Gasteiger partial charge in [0, 0.05) is 43.1 Å². The summed E-state index contributed by atoms with van der Waals surface area (Å²) in [7, 11) is 0. The highest BCUT2D eigenvalue weighted by atomic mass is 79.9. The molecular formula is C15H22BrNO2. The van der Waals surface area contributed by atoms with Gasteiger partial charge in [-0.3, -0.25) is 0 Å². The van der Waals surface area contributed by atoms with E-state index < -0.39 is 5.60 Å². The quantitative estimate of drug-likeness (QED) is 0.893. The standard InChI is InChI=1S/C15H22BrNO2/c1-11-9-13(3-4-14(11)16)12(2)17-10-15(18)5-7-19-8-6-15/h3-4,9,12,17-18H,5-8,10H2,1-2H3. The van der Waals surface area contributed by atoms with Gasteiger partial charge in [0.1, 0.15) is 0 Å². The highest BCUT2D eigenvalue weighted by molar-refractivity contribution is 9.10. The monoisotopic (exact) mass is 327 g/mol. The SMILES string of the molecule is Cc1cc(C(C)NCC2(O)CCOCC2)ccc1Br. The summed E-state index contributed by atoms with van der Waals surface area (Å²) in [4.78, 5) is 0. The fourth-order valence-electron chi connectivity index (χ4n) is 2.33. The van der Waals surface area contributed by atoms with Gasteiger partial charge in [0.2, 0.25) is 0 Å². The lowest BCUT2D eigenvalue weighted by molar-refractivity contribution is -0.0626. The fourth-order valence-corrected chi connectivity index (χ4v) is 2.57. The van der Waals surface area contributed by atoms with Crippen molar-refractivity contribution in [3.05, 3.63) is 33.8 Å². The van der Waals surface area contributed by atoms with E-state index in [1.807, 2.05) is 0 Å². The summed E-state index contributed by atoms with van der Waals surface area (Å²) in [6.07, 6.45) is 1.43. The van der Waals surface area contributed by atoms with Gasteiger partial charge in [-0.2, -0.15) is 0 Å². The third kappa shape index (κ3) is 4.02. The first-order valence-corrected chi connectivity index (χ1v) is 7.59. The Morgan fingerprint density at radius 1 is 1.42 bits per heavy atom. The van der Waals surface area contributed by atoms with Crippen molar-refractivity contribution in [1.82, 2.24) is 5.32 Å². The van der Waals surface area contributed by atoms with E-state index in [9.17, 15) is 5.11 Å². The van der Waals surface area contributed by atoms with Crippen LogP contribution in [0.15, 0.2) is 22.7 Å². The maximum atomic E-state index is 10.4. The van der Waals surface area contributed by atoms with Crippen molar-refractivity contribution in [2.75, 3.05) is 19.8 Å². The molecule has 1 saturated heterocycles. The Labute approximate surface area is 123 Å². The zero-order chi connectivity index (χ0) is 13.9. The van der Waals surface area contributed by atoms with Crippen LogP contribution in [0.4, 0.5) is 0 Å². The van der Waals surface area contributed by atoms with Crippen molar-refractivity contribution in [1.29, 1.82) is 0 Å². The van der Waals surface area contributed by atoms with Crippen LogP contribution in [-0.2, 0) is 4.74 Å². The summed E-state index contributed by atoms with van der Waals surface area (Å²) in [6, 6.07) is 6.60. The molecule has 3 nitrogen and oxygen atoms in total. The van der Waals surface area contributed by atoms with Crippen LogP contribution in [0.2, 0.25) is 0 Å². The lowest BCUT2D eigenvalue weighted by Gasteiger charge is -2.33. The first-order valence-electron chi connectivity index (χ1n) is 6.80. The number of hydrogen-bond acceptors (Lipinski definition) is 3. The number of aliphatic hydroxyl groups is 1. The van der Waals surface area contributed by atoms with Gasteiger partial charge in [0.05, 0.1) is 5.60 Å². The van der Waals surface area contributed by atoms with Crippen molar-refractivity contribution in [2.45, 2.75) is 38.3 Å². The van der Waals surface area contributed by atoms with E-state index in [0.717, 1.165) is 4.47 Å². The molecule has 2 rings (SSSR count). The van der Waals surface area contributed by atoms with Crippen LogP contribution >= 0.6 is 15.9 Å². The predicted octanol–water partition coefficient (Wildman–Crippen LogP) is 2.95. The second-order valence-corrected chi connectivity index (χ2v) is 6.30. The van der Waals surface area contributed by atoms with Gasteiger partial charge >= 0.3 is 0 Å². The summed E-state index contributed by atoms with van der Waals surface area (Å²) in [6.45, 7) is 6.15. The second-order valence-electron chi connectivity index (χ2n) is 5.45. The lowest BCUT2D eigenvalue weighted by atomic mass is 9.93. The van der Waals surface area contributed by atoms with E-state index in [-0.39, 0.29) is 6.04 Å². The number of benzene rings is 1. The molecule has 0 saturated carbocycles. The zero-order valence-corrected chi connectivity index (χ0v) is 13.2. The number of hydrogen-bond donors (Lipinski definition) is 2. The molecule has 1 heterocycles. The van der Waals surface area contributed by atoms with Gasteiger partial charge < -0.3 is 15.2 Å². The van der Waals surface area contributed by atoms with Crippen LogP contribution in [0.5, 0.6) is 0 Å². The molecule has 4 heteroatoms. The van der Waals surface area contributed by atoms with Gasteiger partial charge in [0.25, 0.3) is 0 Å². The zero-order valence-electron chi connectivity index (χ0n) is 11.6. The maximum absolute atomic E-state index is 10.4. The number of halogens is 1. The predicted molar refractivity (Wildman–Crippen MR) is 80.3 cm³/mol. The smallest absolute Gasteiger partial charge is 0.0815 e. The molecule has 0 spiro atoms. The number of rotatable bonds is 4. The molecule has 1 aromatic carbocycles. The Morgan fingerprint density at radius 3 is 2.74 bits per heavy atom. The third-order valence-corrected chi connectivity index (χ3v) is 4.73. The van der Waals surface area contributed by atoms with Gasteiger partial charge in [-0.25, -0.2) is 0 Å². The minimum absolute atomic E-state index is 0.235. The number of aryl methyl sites for hydroxylation is 1. The normalized spacial score (nSPS) is 20.2. The van der Waals surface area contributed by atoms with Crippen molar-refractivity contribution in [3.8, 4) is 0 Å². The lowest BCUT2D eigenvalue weighted by Crippen LogP contribution is -2.45. The Kier molecular flexibility index (Phi) is 5.01. The molecule has 0 amide bonds. The molecule has 1 atom stereocenters. The Morgan fingerprint density at radius 2 is 2.11 bits per heavy atom. The molecule has 1 aliphatic heterocycles. The highest BCUT2D eigenvalue weighted by Gasteiger charge is 2.29. The third-order valence-electron chi connectivity index (χ3n) is 3.84. The fraction of sp³-hybridized carbons (Fsp3) is 0.600. The first kappa shape index (κ1) is 15.0. The van der Waals surface area contributed by atoms with E-state index >= 15 is 0 Å². The van der Waals surface area contributed by atoms with E-state index in [4.69, 9.17) is 4.74 Å². The minimum Gasteiger partial charge on any atom is -0.388 e. The molecule has 2 N–H and O–H groups in total. The maximum Gasteiger partial charge on any atom is 0.0815 e. The van der Waals surface area contributed by atoms with Crippen LogP contribution in [0.3, 0.4) is 0 Å². The van der Waals surface area contributed by atoms with Crippen LogP contribution in [0.25, 0.3) is 0 Å². The average Bonchev–Trinajstić information content (AvgIpc) is 2.40. The largest absolute Gasteiger partial charge is 0.388 e. The number of ether oxygens (including phenoxy) is 1. The summed E-state index contributed by atoms with van der Waals surface area (Å²) in [5, 5.41) is 13.9. The summed E-state index contributed by atoms with van der Waals surface area (Å²) in [5.74, 6) is 0. The van der Waals surface area contributed by atoms with E-state index in [0.29, 0.717) is 32.6 Å². The van der Waals surface area contributed by atoms with E-state index in [1.165, 1.54) is 11.1 Å². The van der Waals surface area contributed by atoms with E-state index in [1.54, 1.807) is 0 Å². The van der Waals surface area contributed by atoms with Crippen molar-refractivity contribution in [2.24, 2.45) is 0 Å². The highest BCUT2D eigenvalue weighted by Crippen LogP contribution is 2.23. The molecule has 0 radical (unpaired) electrons. The number of nitrogens with one attached hydrogen (secondary N) is 1. The van der Waals surface area contributed by atoms with Crippen LogP contribution in [-0.4, -0.2) is 30.5 Å². The molecule has 19 heavy (non-hydrogen) atoms. The van der Waals surface area contributed by atoms with Crippen molar-refractivity contribution >= 4 is 15.9 Å². The summed E-state index contributed by atoms with van der Waals surface area (Å²) < 4.78 is 6.42. The average molecular weight is 328 g/mol. The summed E-state index contributed by atoms with van der Waals surface area (Å²) >= 11 is 3.51. The molecule has 1 fully saturated rings. The molecular weight excluding hydrogens is 306 g/mol. The van der Waals surface area contributed by atoms with E-state index in [2.05, 4.69) is 53.3 Å². The van der Waals surface area contributed by atoms with Gasteiger partial charge in [-0.15, -0.1) is 0 Å². The minimum atomic E-state index is -0.614. The molecule has 0 aromatic heterocycles. The van der Waals surface area contributed by atoms with Crippen LogP contribution in [0.1, 0.15) is 36.9 Å². The van der Waals surface area contributed by atoms with Crippen molar-refractivity contribution in [3.63, 3.8) is 0 Å². The first-order chi connectivity index (χ1) is 9.00. The molecule has 106 valence electrons. The Balaban J connectivity index is 1.93. The van der Waals surface area contributed by atoms with Crippen LogP contribution in [0, 0.1) is 6.92 Å². The Bertz CT molecular complexity index is 430. The van der Waals surface area contributed by atoms with Gasteiger partial charge in [-0.05, 0) is 31.0 Å².